The van der Waals surface area contributed by atoms with Gasteiger partial charge in [0.1, 0.15) is 17.2 Å². The van der Waals surface area contributed by atoms with Gasteiger partial charge >= 0.3 is 5.97 Å². The number of benzene rings is 4. The van der Waals surface area contributed by atoms with Gasteiger partial charge in [-0.25, -0.2) is 4.79 Å². The predicted octanol–water partition coefficient (Wildman–Crippen LogP) is 6.91. The lowest BCUT2D eigenvalue weighted by molar-refractivity contribution is 0.0600. The molecule has 0 aliphatic rings. The van der Waals surface area contributed by atoms with E-state index in [1.54, 1.807) is 30.3 Å². The van der Waals surface area contributed by atoms with Crippen LogP contribution >= 0.6 is 11.6 Å². The number of rotatable bonds is 7. The molecular formula is C28H23ClN2O4. The average molecular weight is 487 g/mol. The van der Waals surface area contributed by atoms with Crippen LogP contribution in [0.3, 0.4) is 0 Å². The number of anilines is 2. The second-order valence-electron chi connectivity index (χ2n) is 7.68. The molecule has 0 bridgehead atoms. The molecule has 4 aromatic rings. The smallest absolute Gasteiger partial charge is 0.338 e. The Balaban J connectivity index is 1.66. The lowest BCUT2D eigenvalue weighted by Gasteiger charge is -2.20. The van der Waals surface area contributed by atoms with Crippen molar-refractivity contribution in [1.29, 1.82) is 0 Å². The molecule has 0 spiro atoms. The molecule has 0 heterocycles. The minimum atomic E-state index is -0.526. The molecule has 1 N–H and O–H groups in total. The Bertz CT molecular complexity index is 1340. The summed E-state index contributed by atoms with van der Waals surface area (Å²) in [5, 5.41) is 14.1. The number of halogens is 1. The van der Waals surface area contributed by atoms with Crippen molar-refractivity contribution in [2.75, 3.05) is 19.1 Å². The molecule has 0 aliphatic carbocycles. The van der Waals surface area contributed by atoms with E-state index in [1.165, 1.54) is 7.11 Å². The van der Waals surface area contributed by atoms with Crippen molar-refractivity contribution in [3.63, 3.8) is 0 Å². The SMILES string of the molecule is COC(=O)c1cc(Oc2ccccc2)cc(/C(=N\O)c2ccc(N(C)c3ccc(Cl)cc3)cc2)c1. The van der Waals surface area contributed by atoms with Crippen molar-refractivity contribution in [3.05, 3.63) is 119 Å². The molecular weight excluding hydrogens is 464 g/mol. The van der Waals surface area contributed by atoms with Gasteiger partial charge in [0, 0.05) is 34.6 Å². The first kappa shape index (κ1) is 23.9. The maximum absolute atomic E-state index is 12.3. The van der Waals surface area contributed by atoms with Crippen LogP contribution in [0.25, 0.3) is 0 Å². The molecule has 35 heavy (non-hydrogen) atoms. The summed E-state index contributed by atoms with van der Waals surface area (Å²) >= 11 is 6.00. The lowest BCUT2D eigenvalue weighted by Crippen LogP contribution is -2.10. The Morgan fingerprint density at radius 1 is 0.800 bits per heavy atom. The van der Waals surface area contributed by atoms with Crippen molar-refractivity contribution in [1.82, 2.24) is 0 Å². The highest BCUT2D eigenvalue weighted by atomic mass is 35.5. The Hall–Kier alpha value is -4.29. The summed E-state index contributed by atoms with van der Waals surface area (Å²) < 4.78 is 10.8. The van der Waals surface area contributed by atoms with E-state index < -0.39 is 5.97 Å². The van der Waals surface area contributed by atoms with E-state index in [1.807, 2.05) is 78.7 Å². The number of hydrogen-bond acceptors (Lipinski definition) is 6. The van der Waals surface area contributed by atoms with Crippen LogP contribution in [0.15, 0.2) is 102 Å². The molecule has 0 aromatic heterocycles. The molecule has 0 unspecified atom stereocenters. The number of oxime groups is 1. The first-order valence-corrected chi connectivity index (χ1v) is 11.1. The summed E-state index contributed by atoms with van der Waals surface area (Å²) in [6.07, 6.45) is 0. The van der Waals surface area contributed by atoms with Gasteiger partial charge in [-0.1, -0.05) is 47.1 Å². The second kappa shape index (κ2) is 10.8. The number of carbonyl (C=O) groups excluding carboxylic acids is 1. The number of carbonyl (C=O) groups is 1. The molecule has 4 rings (SSSR count). The Morgan fingerprint density at radius 3 is 2.00 bits per heavy atom. The van der Waals surface area contributed by atoms with Crippen molar-refractivity contribution in [2.24, 2.45) is 5.16 Å². The maximum atomic E-state index is 12.3. The largest absolute Gasteiger partial charge is 0.465 e. The Kier molecular flexibility index (Phi) is 7.33. The van der Waals surface area contributed by atoms with E-state index >= 15 is 0 Å². The summed E-state index contributed by atoms with van der Waals surface area (Å²) in [6.45, 7) is 0. The standard InChI is InChI=1S/C28H23ClN2O4/c1-31(24-14-10-22(29)11-15-24)23-12-8-19(9-13-23)27(30-33)20-16-21(28(32)34-2)18-26(17-20)35-25-6-4-3-5-7-25/h3-18,33H,1-2H3/b30-27-. The molecule has 0 aliphatic heterocycles. The molecule has 0 saturated heterocycles. The Morgan fingerprint density at radius 2 is 1.40 bits per heavy atom. The Labute approximate surface area is 208 Å². The molecule has 176 valence electrons. The number of para-hydroxylation sites is 1. The highest BCUT2D eigenvalue weighted by molar-refractivity contribution is 6.30. The van der Waals surface area contributed by atoms with Crippen LogP contribution in [-0.4, -0.2) is 31.0 Å². The van der Waals surface area contributed by atoms with Gasteiger partial charge in [-0.15, -0.1) is 0 Å². The molecule has 4 aromatic carbocycles. The van der Waals surface area contributed by atoms with Crippen molar-refractivity contribution < 1.29 is 19.5 Å². The van der Waals surface area contributed by atoms with Gasteiger partial charge in [0.15, 0.2) is 0 Å². The monoisotopic (exact) mass is 486 g/mol. The van der Waals surface area contributed by atoms with Gasteiger partial charge in [0.05, 0.1) is 12.7 Å². The third kappa shape index (κ3) is 5.62. The zero-order valence-electron chi connectivity index (χ0n) is 19.2. The fraction of sp³-hybridized carbons (Fsp3) is 0.0714. The molecule has 0 fully saturated rings. The quantitative estimate of drug-likeness (QED) is 0.133. The van der Waals surface area contributed by atoms with Gasteiger partial charge in [0.2, 0.25) is 0 Å². The first-order valence-electron chi connectivity index (χ1n) is 10.8. The van der Waals surface area contributed by atoms with Crippen LogP contribution in [0.4, 0.5) is 11.4 Å². The minimum absolute atomic E-state index is 0.274. The predicted molar refractivity (Wildman–Crippen MR) is 138 cm³/mol. The van der Waals surface area contributed by atoms with Crippen LogP contribution in [0.1, 0.15) is 21.5 Å². The molecule has 6 nitrogen and oxygen atoms in total. The number of ether oxygens (including phenoxy) is 2. The summed E-state index contributed by atoms with van der Waals surface area (Å²) in [7, 11) is 3.26. The van der Waals surface area contributed by atoms with E-state index in [0.717, 1.165) is 11.4 Å². The zero-order valence-corrected chi connectivity index (χ0v) is 19.9. The second-order valence-corrected chi connectivity index (χ2v) is 8.12. The highest BCUT2D eigenvalue weighted by Gasteiger charge is 2.16. The fourth-order valence-corrected chi connectivity index (χ4v) is 3.72. The van der Waals surface area contributed by atoms with E-state index in [4.69, 9.17) is 21.1 Å². The summed E-state index contributed by atoms with van der Waals surface area (Å²) in [6, 6.07) is 29.2. The molecule has 0 radical (unpaired) electrons. The van der Waals surface area contributed by atoms with E-state index in [-0.39, 0.29) is 11.3 Å². The van der Waals surface area contributed by atoms with Crippen molar-refractivity contribution in [3.8, 4) is 11.5 Å². The third-order valence-electron chi connectivity index (χ3n) is 5.42. The average Bonchev–Trinajstić information content (AvgIpc) is 2.89. The van der Waals surface area contributed by atoms with Crippen LogP contribution in [-0.2, 0) is 4.74 Å². The number of hydrogen-bond donors (Lipinski definition) is 1. The van der Waals surface area contributed by atoms with E-state index in [2.05, 4.69) is 5.16 Å². The highest BCUT2D eigenvalue weighted by Crippen LogP contribution is 2.28. The van der Waals surface area contributed by atoms with Gasteiger partial charge < -0.3 is 19.6 Å². The number of nitrogens with zero attached hydrogens (tertiary/aromatic N) is 2. The maximum Gasteiger partial charge on any atom is 0.338 e. The van der Waals surface area contributed by atoms with Gasteiger partial charge in [-0.05, 0) is 66.7 Å². The molecule has 7 heteroatoms. The van der Waals surface area contributed by atoms with Crippen molar-refractivity contribution in [2.45, 2.75) is 0 Å². The third-order valence-corrected chi connectivity index (χ3v) is 5.67. The molecule has 0 amide bonds. The number of esters is 1. The normalized spacial score (nSPS) is 11.1. The first-order chi connectivity index (χ1) is 17.0. The summed E-state index contributed by atoms with van der Waals surface area (Å²) in [4.78, 5) is 14.3. The number of methoxy groups -OCH3 is 1. The zero-order chi connectivity index (χ0) is 24.8. The summed E-state index contributed by atoms with van der Waals surface area (Å²) in [5.41, 5.74) is 3.63. The van der Waals surface area contributed by atoms with E-state index in [0.29, 0.717) is 27.6 Å². The van der Waals surface area contributed by atoms with Gasteiger partial charge in [-0.3, -0.25) is 0 Å². The van der Waals surface area contributed by atoms with Crippen LogP contribution < -0.4 is 9.64 Å². The lowest BCUT2D eigenvalue weighted by atomic mass is 9.99. The minimum Gasteiger partial charge on any atom is -0.465 e. The molecule has 0 atom stereocenters. The molecule has 0 saturated carbocycles. The topological polar surface area (TPSA) is 71.4 Å². The van der Waals surface area contributed by atoms with Crippen LogP contribution in [0.2, 0.25) is 5.02 Å². The van der Waals surface area contributed by atoms with Gasteiger partial charge in [0.25, 0.3) is 0 Å². The summed E-state index contributed by atoms with van der Waals surface area (Å²) in [5.74, 6) is 0.494. The fourth-order valence-electron chi connectivity index (χ4n) is 3.59. The van der Waals surface area contributed by atoms with E-state index in [9.17, 15) is 10.0 Å². The van der Waals surface area contributed by atoms with Crippen LogP contribution in [0.5, 0.6) is 11.5 Å². The van der Waals surface area contributed by atoms with Crippen LogP contribution in [0, 0.1) is 0 Å². The van der Waals surface area contributed by atoms with Crippen molar-refractivity contribution >= 4 is 34.7 Å². The van der Waals surface area contributed by atoms with Gasteiger partial charge in [-0.2, -0.15) is 0 Å².